The molecule has 0 aliphatic heterocycles. The average Bonchev–Trinajstić information content (AvgIpc) is 2.41. The van der Waals surface area contributed by atoms with Crippen molar-refractivity contribution >= 4 is 0 Å². The zero-order chi connectivity index (χ0) is 11.8. The summed E-state index contributed by atoms with van der Waals surface area (Å²) in [6.07, 6.45) is 6.91. The van der Waals surface area contributed by atoms with Crippen molar-refractivity contribution in [3.8, 4) is 0 Å². The molecule has 0 saturated heterocycles. The van der Waals surface area contributed by atoms with Gasteiger partial charge in [-0.3, -0.25) is 9.89 Å². The largest absolute Gasteiger partial charge is 0.299 e. The van der Waals surface area contributed by atoms with Crippen LogP contribution in [0.4, 0.5) is 0 Å². The highest BCUT2D eigenvalue weighted by atomic mass is 16.1. The third-order valence-electron chi connectivity index (χ3n) is 3.35. The van der Waals surface area contributed by atoms with E-state index in [2.05, 4.69) is 25.9 Å². The molecule has 1 aromatic heterocycles. The summed E-state index contributed by atoms with van der Waals surface area (Å²) in [7, 11) is 0. The summed E-state index contributed by atoms with van der Waals surface area (Å²) in [5.74, 6) is 0. The molecule has 1 N–H and O–H groups in total. The van der Waals surface area contributed by atoms with E-state index in [1.807, 2.05) is 0 Å². The SMILES string of the molecule is CC(C)(C)n1[nH]c2c(c1=O)CCCCCC2. The Hall–Kier alpha value is -0.990. The molecule has 0 amide bonds. The first kappa shape index (κ1) is 11.5. The lowest BCUT2D eigenvalue weighted by Crippen LogP contribution is -2.33. The lowest BCUT2D eigenvalue weighted by molar-refractivity contribution is 0.343. The van der Waals surface area contributed by atoms with Crippen molar-refractivity contribution < 1.29 is 0 Å². The molecule has 0 atom stereocenters. The van der Waals surface area contributed by atoms with Crippen LogP contribution in [0, 0.1) is 0 Å². The molecule has 1 aliphatic carbocycles. The Balaban J connectivity index is 2.45. The number of hydrogen-bond donors (Lipinski definition) is 1. The molecule has 1 heterocycles. The van der Waals surface area contributed by atoms with Crippen LogP contribution < -0.4 is 5.56 Å². The topological polar surface area (TPSA) is 37.8 Å². The number of nitrogens with zero attached hydrogens (tertiary/aromatic N) is 1. The number of aromatic amines is 1. The maximum absolute atomic E-state index is 12.3. The minimum absolute atomic E-state index is 0.141. The van der Waals surface area contributed by atoms with E-state index in [0.717, 1.165) is 24.8 Å². The van der Waals surface area contributed by atoms with Gasteiger partial charge in [-0.1, -0.05) is 12.8 Å². The summed E-state index contributed by atoms with van der Waals surface area (Å²) in [5, 5.41) is 3.31. The van der Waals surface area contributed by atoms with Gasteiger partial charge in [0.1, 0.15) is 0 Å². The van der Waals surface area contributed by atoms with Crippen molar-refractivity contribution in [2.24, 2.45) is 0 Å². The molecule has 1 aromatic rings. The quantitative estimate of drug-likeness (QED) is 0.720. The number of nitrogens with one attached hydrogen (secondary N) is 1. The van der Waals surface area contributed by atoms with E-state index in [4.69, 9.17) is 0 Å². The van der Waals surface area contributed by atoms with Crippen LogP contribution in [-0.2, 0) is 18.4 Å². The minimum Gasteiger partial charge on any atom is -0.299 e. The van der Waals surface area contributed by atoms with Gasteiger partial charge in [0.05, 0.1) is 5.54 Å². The summed E-state index contributed by atoms with van der Waals surface area (Å²) in [6.45, 7) is 6.20. The zero-order valence-corrected chi connectivity index (χ0v) is 10.6. The van der Waals surface area contributed by atoms with Gasteiger partial charge in [-0.2, -0.15) is 0 Å². The van der Waals surface area contributed by atoms with Gasteiger partial charge in [-0.25, -0.2) is 4.68 Å². The summed E-state index contributed by atoms with van der Waals surface area (Å²) in [4.78, 5) is 12.3. The van der Waals surface area contributed by atoms with Crippen LogP contribution in [0.15, 0.2) is 4.79 Å². The van der Waals surface area contributed by atoms with Crippen LogP contribution in [0.2, 0.25) is 0 Å². The molecular weight excluding hydrogens is 200 g/mol. The molecule has 0 unspecified atom stereocenters. The zero-order valence-electron chi connectivity index (χ0n) is 10.6. The number of fused-ring (bicyclic) bond motifs is 1. The van der Waals surface area contributed by atoms with Crippen molar-refractivity contribution in [2.45, 2.75) is 64.8 Å². The molecule has 2 rings (SSSR count). The second-order valence-electron chi connectivity index (χ2n) is 5.79. The highest BCUT2D eigenvalue weighted by Crippen LogP contribution is 2.18. The lowest BCUT2D eigenvalue weighted by Gasteiger charge is -2.19. The van der Waals surface area contributed by atoms with Gasteiger partial charge < -0.3 is 0 Å². The van der Waals surface area contributed by atoms with E-state index < -0.39 is 0 Å². The van der Waals surface area contributed by atoms with Crippen LogP contribution in [0.25, 0.3) is 0 Å². The van der Waals surface area contributed by atoms with E-state index in [0.29, 0.717) is 0 Å². The number of aromatic nitrogens is 2. The van der Waals surface area contributed by atoms with Gasteiger partial charge in [-0.05, 0) is 46.5 Å². The fourth-order valence-electron chi connectivity index (χ4n) is 2.41. The van der Waals surface area contributed by atoms with Crippen LogP contribution in [0.1, 0.15) is 57.7 Å². The molecule has 16 heavy (non-hydrogen) atoms. The van der Waals surface area contributed by atoms with Crippen LogP contribution in [0.3, 0.4) is 0 Å². The normalized spacial score (nSPS) is 17.7. The van der Waals surface area contributed by atoms with Gasteiger partial charge in [-0.15, -0.1) is 0 Å². The molecule has 0 radical (unpaired) electrons. The summed E-state index contributed by atoms with van der Waals surface area (Å²) < 4.78 is 1.79. The van der Waals surface area contributed by atoms with Crippen LogP contribution >= 0.6 is 0 Å². The van der Waals surface area contributed by atoms with Gasteiger partial charge >= 0.3 is 0 Å². The van der Waals surface area contributed by atoms with Crippen molar-refractivity contribution in [1.82, 2.24) is 9.78 Å². The minimum atomic E-state index is -0.141. The highest BCUT2D eigenvalue weighted by molar-refractivity contribution is 5.19. The standard InChI is InChI=1S/C13H22N2O/c1-13(2,3)15-12(16)10-8-6-4-5-7-9-11(10)14-15/h14H,4-9H2,1-3H3. The molecule has 0 fully saturated rings. The van der Waals surface area contributed by atoms with Gasteiger partial charge in [0.2, 0.25) is 0 Å². The lowest BCUT2D eigenvalue weighted by atomic mass is 9.99. The molecule has 0 saturated carbocycles. The monoisotopic (exact) mass is 222 g/mol. The van der Waals surface area contributed by atoms with Crippen molar-refractivity contribution in [3.63, 3.8) is 0 Å². The number of rotatable bonds is 0. The second kappa shape index (κ2) is 4.11. The smallest absolute Gasteiger partial charge is 0.270 e. The Kier molecular flexibility index (Phi) is 2.96. The highest BCUT2D eigenvalue weighted by Gasteiger charge is 2.22. The average molecular weight is 222 g/mol. The maximum Gasteiger partial charge on any atom is 0.270 e. The molecule has 3 heteroatoms. The first-order valence-electron chi connectivity index (χ1n) is 6.33. The Morgan fingerprint density at radius 3 is 2.31 bits per heavy atom. The van der Waals surface area contributed by atoms with Gasteiger partial charge in [0.25, 0.3) is 5.56 Å². The Morgan fingerprint density at radius 1 is 1.06 bits per heavy atom. The van der Waals surface area contributed by atoms with Crippen molar-refractivity contribution in [2.75, 3.05) is 0 Å². The number of aryl methyl sites for hydroxylation is 1. The molecule has 0 spiro atoms. The molecule has 0 aromatic carbocycles. The summed E-state index contributed by atoms with van der Waals surface area (Å²) in [5.41, 5.74) is 2.27. The van der Waals surface area contributed by atoms with Gasteiger partial charge in [0, 0.05) is 11.3 Å². The third kappa shape index (κ3) is 2.08. The molecule has 3 nitrogen and oxygen atoms in total. The predicted octanol–water partition coefficient (Wildman–Crippen LogP) is 2.59. The Bertz CT molecular complexity index is 420. The maximum atomic E-state index is 12.3. The third-order valence-corrected chi connectivity index (χ3v) is 3.35. The van der Waals surface area contributed by atoms with Crippen molar-refractivity contribution in [3.05, 3.63) is 21.6 Å². The number of hydrogen-bond acceptors (Lipinski definition) is 1. The van der Waals surface area contributed by atoms with Crippen molar-refractivity contribution in [1.29, 1.82) is 0 Å². The van der Waals surface area contributed by atoms with Crippen LogP contribution in [0.5, 0.6) is 0 Å². The summed E-state index contributed by atoms with van der Waals surface area (Å²) in [6, 6.07) is 0. The van der Waals surface area contributed by atoms with Gasteiger partial charge in [0.15, 0.2) is 0 Å². The fraction of sp³-hybridized carbons (Fsp3) is 0.769. The molecular formula is C13H22N2O. The predicted molar refractivity (Wildman–Crippen MR) is 65.9 cm³/mol. The number of H-pyrrole nitrogens is 1. The van der Waals surface area contributed by atoms with E-state index in [1.165, 1.54) is 25.0 Å². The Morgan fingerprint density at radius 2 is 1.69 bits per heavy atom. The van der Waals surface area contributed by atoms with E-state index >= 15 is 0 Å². The second-order valence-corrected chi connectivity index (χ2v) is 5.79. The van der Waals surface area contributed by atoms with Crippen LogP contribution in [-0.4, -0.2) is 9.78 Å². The first-order valence-corrected chi connectivity index (χ1v) is 6.33. The molecule has 90 valence electrons. The molecule has 1 aliphatic rings. The fourth-order valence-corrected chi connectivity index (χ4v) is 2.41. The Labute approximate surface area is 96.8 Å². The van der Waals surface area contributed by atoms with E-state index in [1.54, 1.807) is 4.68 Å². The van der Waals surface area contributed by atoms with E-state index in [9.17, 15) is 4.79 Å². The summed E-state index contributed by atoms with van der Waals surface area (Å²) >= 11 is 0. The van der Waals surface area contributed by atoms with E-state index in [-0.39, 0.29) is 11.1 Å². The molecule has 0 bridgehead atoms. The first-order chi connectivity index (χ1) is 7.50.